The van der Waals surface area contributed by atoms with Crippen LogP contribution in [0.5, 0.6) is 0 Å². The third-order valence-corrected chi connectivity index (χ3v) is 2.79. The minimum Gasteiger partial charge on any atom is -0.368 e. The molecule has 0 aromatic rings. The van der Waals surface area contributed by atoms with Crippen LogP contribution in [0.4, 0.5) is 0 Å². The maximum absolute atomic E-state index is 5.66. The molecule has 1 heterocycles. The molecule has 2 rings (SSSR count). The van der Waals surface area contributed by atoms with Gasteiger partial charge in [0.05, 0.1) is 18.1 Å². The molecule has 1 aliphatic heterocycles. The zero-order valence-electron chi connectivity index (χ0n) is 6.50. The highest BCUT2D eigenvalue weighted by Crippen LogP contribution is 2.35. The van der Waals surface area contributed by atoms with E-state index in [9.17, 15) is 0 Å². The Balaban J connectivity index is 1.86. The first kappa shape index (κ1) is 7.63. The Labute approximate surface area is 72.4 Å². The lowest BCUT2D eigenvalue weighted by Gasteiger charge is -2.12. The largest absolute Gasteiger partial charge is 0.368 e. The molecule has 0 amide bonds. The fraction of sp³-hybridized carbons (Fsp3) is 0.778. The van der Waals surface area contributed by atoms with Crippen molar-refractivity contribution in [1.82, 2.24) is 0 Å². The van der Waals surface area contributed by atoms with Gasteiger partial charge in [0.15, 0.2) is 0 Å². The van der Waals surface area contributed by atoms with Crippen LogP contribution in [0.1, 0.15) is 19.3 Å². The Morgan fingerprint density at radius 3 is 3.00 bits per heavy atom. The fourth-order valence-electron chi connectivity index (χ4n) is 1.77. The average molecular weight is 173 g/mol. The van der Waals surface area contributed by atoms with Crippen LogP contribution in [0.25, 0.3) is 0 Å². The van der Waals surface area contributed by atoms with Crippen molar-refractivity contribution in [2.24, 2.45) is 5.92 Å². The van der Waals surface area contributed by atoms with Crippen molar-refractivity contribution in [3.8, 4) is 0 Å². The maximum Gasteiger partial charge on any atom is 0.0982 e. The molecule has 1 nitrogen and oxygen atoms in total. The Hall–Kier alpha value is -0.0100. The van der Waals surface area contributed by atoms with Crippen LogP contribution >= 0.6 is 11.6 Å². The van der Waals surface area contributed by atoms with E-state index in [-0.39, 0.29) is 0 Å². The summed E-state index contributed by atoms with van der Waals surface area (Å²) in [6.07, 6.45) is 9.20. The molecule has 1 saturated heterocycles. The van der Waals surface area contributed by atoms with Crippen LogP contribution in [0.15, 0.2) is 12.2 Å². The smallest absolute Gasteiger partial charge is 0.0982 e. The number of halogens is 1. The van der Waals surface area contributed by atoms with Gasteiger partial charge in [-0.3, -0.25) is 0 Å². The van der Waals surface area contributed by atoms with Crippen molar-refractivity contribution in [2.75, 3.05) is 5.88 Å². The summed E-state index contributed by atoms with van der Waals surface area (Å²) < 4.78 is 5.42. The number of allylic oxidation sites excluding steroid dienone is 1. The van der Waals surface area contributed by atoms with Crippen LogP contribution in [0, 0.1) is 5.92 Å². The van der Waals surface area contributed by atoms with Gasteiger partial charge >= 0.3 is 0 Å². The van der Waals surface area contributed by atoms with Crippen molar-refractivity contribution < 1.29 is 4.74 Å². The summed E-state index contributed by atoms with van der Waals surface area (Å²) in [6, 6.07) is 0. The first-order valence-electron chi connectivity index (χ1n) is 4.30. The van der Waals surface area contributed by atoms with Crippen LogP contribution in [0.2, 0.25) is 0 Å². The first-order chi connectivity index (χ1) is 5.42. The van der Waals surface area contributed by atoms with Gasteiger partial charge in [0.2, 0.25) is 0 Å². The number of rotatable bonds is 2. The lowest BCUT2D eigenvalue weighted by Crippen LogP contribution is -2.11. The van der Waals surface area contributed by atoms with Crippen molar-refractivity contribution >= 4 is 11.6 Å². The molecule has 0 spiro atoms. The van der Waals surface area contributed by atoms with E-state index < -0.39 is 0 Å². The van der Waals surface area contributed by atoms with Gasteiger partial charge in [0.25, 0.3) is 0 Å². The van der Waals surface area contributed by atoms with E-state index in [0.717, 1.165) is 0 Å². The third kappa shape index (κ3) is 1.60. The van der Waals surface area contributed by atoms with Gasteiger partial charge in [-0.05, 0) is 19.3 Å². The molecule has 1 aliphatic carbocycles. The van der Waals surface area contributed by atoms with E-state index in [1.165, 1.54) is 19.3 Å². The minimum atomic E-state index is 0.351. The molecule has 2 aliphatic rings. The minimum absolute atomic E-state index is 0.351. The zero-order valence-corrected chi connectivity index (χ0v) is 7.26. The SMILES string of the molecule is ClCC1OC1C1C=CCCC1. The number of hydrogen-bond donors (Lipinski definition) is 0. The van der Waals surface area contributed by atoms with Gasteiger partial charge < -0.3 is 4.74 Å². The van der Waals surface area contributed by atoms with Gasteiger partial charge in [-0.25, -0.2) is 0 Å². The predicted octanol–water partition coefficient (Wildman–Crippen LogP) is 2.35. The Morgan fingerprint density at radius 1 is 1.55 bits per heavy atom. The van der Waals surface area contributed by atoms with Gasteiger partial charge in [-0.15, -0.1) is 11.6 Å². The quantitative estimate of drug-likeness (QED) is 0.354. The number of epoxide rings is 1. The molecule has 2 heteroatoms. The number of alkyl halides is 1. The summed E-state index contributed by atoms with van der Waals surface area (Å²) in [5.41, 5.74) is 0. The standard InChI is InChI=1S/C9H13ClO/c10-6-8-9(11-8)7-4-2-1-3-5-7/h2,4,7-9H,1,3,5-6H2. The van der Waals surface area contributed by atoms with E-state index >= 15 is 0 Å². The molecule has 0 N–H and O–H groups in total. The molecule has 11 heavy (non-hydrogen) atoms. The molecule has 0 aromatic heterocycles. The van der Waals surface area contributed by atoms with Gasteiger partial charge in [-0.1, -0.05) is 12.2 Å². The van der Waals surface area contributed by atoms with Gasteiger partial charge in [0, 0.05) is 5.92 Å². The second-order valence-corrected chi connectivity index (χ2v) is 3.62. The summed E-state index contributed by atoms with van der Waals surface area (Å²) >= 11 is 5.66. The fourth-order valence-corrected chi connectivity index (χ4v) is 2.02. The first-order valence-corrected chi connectivity index (χ1v) is 4.83. The van der Waals surface area contributed by atoms with Crippen molar-refractivity contribution in [3.05, 3.63) is 12.2 Å². The molecular formula is C9H13ClO. The summed E-state index contributed by atoms with van der Waals surface area (Å²) in [4.78, 5) is 0. The third-order valence-electron chi connectivity index (χ3n) is 2.49. The Bertz CT molecular complexity index is 167. The summed E-state index contributed by atoms with van der Waals surface area (Å²) in [5.74, 6) is 1.32. The monoisotopic (exact) mass is 172 g/mol. The van der Waals surface area contributed by atoms with E-state index in [4.69, 9.17) is 16.3 Å². The van der Waals surface area contributed by atoms with Crippen LogP contribution in [0.3, 0.4) is 0 Å². The lowest BCUT2D eigenvalue weighted by molar-refractivity contribution is 0.330. The van der Waals surface area contributed by atoms with Gasteiger partial charge in [-0.2, -0.15) is 0 Å². The Morgan fingerprint density at radius 2 is 2.45 bits per heavy atom. The topological polar surface area (TPSA) is 12.5 Å². The highest BCUT2D eigenvalue weighted by atomic mass is 35.5. The molecule has 0 saturated carbocycles. The second kappa shape index (κ2) is 3.16. The molecule has 0 aromatic carbocycles. The summed E-state index contributed by atoms with van der Waals surface area (Å²) in [7, 11) is 0. The molecule has 3 atom stereocenters. The van der Waals surface area contributed by atoms with E-state index in [0.29, 0.717) is 24.0 Å². The zero-order chi connectivity index (χ0) is 7.68. The highest BCUT2D eigenvalue weighted by Gasteiger charge is 2.42. The van der Waals surface area contributed by atoms with Gasteiger partial charge in [0.1, 0.15) is 0 Å². The number of ether oxygens (including phenoxy) is 1. The van der Waals surface area contributed by atoms with E-state index in [1.54, 1.807) is 0 Å². The molecular weight excluding hydrogens is 160 g/mol. The summed E-state index contributed by atoms with van der Waals surface area (Å²) in [5, 5.41) is 0. The maximum atomic E-state index is 5.66. The van der Waals surface area contributed by atoms with Crippen molar-refractivity contribution in [1.29, 1.82) is 0 Å². The van der Waals surface area contributed by atoms with Crippen LogP contribution in [-0.2, 0) is 4.74 Å². The second-order valence-electron chi connectivity index (χ2n) is 3.32. The molecule has 0 bridgehead atoms. The van der Waals surface area contributed by atoms with E-state index in [1.807, 2.05) is 0 Å². The van der Waals surface area contributed by atoms with Crippen molar-refractivity contribution in [2.45, 2.75) is 31.5 Å². The summed E-state index contributed by atoms with van der Waals surface area (Å²) in [6.45, 7) is 0. The van der Waals surface area contributed by atoms with E-state index in [2.05, 4.69) is 12.2 Å². The van der Waals surface area contributed by atoms with Crippen LogP contribution in [-0.4, -0.2) is 18.1 Å². The lowest BCUT2D eigenvalue weighted by atomic mass is 9.92. The van der Waals surface area contributed by atoms with Crippen LogP contribution < -0.4 is 0 Å². The molecule has 62 valence electrons. The molecule has 1 fully saturated rings. The molecule has 0 radical (unpaired) electrons. The predicted molar refractivity (Wildman–Crippen MR) is 45.9 cm³/mol. The highest BCUT2D eigenvalue weighted by molar-refractivity contribution is 6.18. The van der Waals surface area contributed by atoms with Crippen molar-refractivity contribution in [3.63, 3.8) is 0 Å². The Kier molecular flexibility index (Phi) is 2.19. The average Bonchev–Trinajstić information content (AvgIpc) is 2.85. The normalized spacial score (nSPS) is 42.5. The molecule has 3 unspecified atom stereocenters. The number of hydrogen-bond acceptors (Lipinski definition) is 1.